The molecule has 18 heavy (non-hydrogen) atoms. The van der Waals surface area contributed by atoms with Gasteiger partial charge in [-0.1, -0.05) is 0 Å². The van der Waals surface area contributed by atoms with Gasteiger partial charge in [0.25, 0.3) is 12.3 Å². The first-order valence-corrected chi connectivity index (χ1v) is 5.40. The van der Waals surface area contributed by atoms with Crippen LogP contribution in [-0.4, -0.2) is 46.0 Å². The largest absolute Gasteiger partial charge is 0.480 e. The third kappa shape index (κ3) is 3.54. The number of rotatable bonds is 6. The Morgan fingerprint density at radius 3 is 2.67 bits per heavy atom. The van der Waals surface area contributed by atoms with Crippen LogP contribution >= 0.6 is 0 Å². The summed E-state index contributed by atoms with van der Waals surface area (Å²) in [4.78, 5) is 23.6. The Bertz CT molecular complexity index is 432. The summed E-state index contributed by atoms with van der Waals surface area (Å²) in [6.45, 7) is 0.792. The lowest BCUT2D eigenvalue weighted by atomic mass is 10.3. The molecule has 0 fully saturated rings. The zero-order chi connectivity index (χ0) is 13.7. The van der Waals surface area contributed by atoms with Crippen LogP contribution in [0, 0.1) is 0 Å². The molecule has 100 valence electrons. The van der Waals surface area contributed by atoms with Crippen molar-refractivity contribution in [3.63, 3.8) is 0 Å². The minimum atomic E-state index is -2.57. The van der Waals surface area contributed by atoms with Crippen LogP contribution < -0.4 is 0 Å². The fraction of sp³-hybridized carbons (Fsp3) is 0.455. The number of nitrogens with zero attached hydrogens (tertiary/aromatic N) is 2. The summed E-state index contributed by atoms with van der Waals surface area (Å²) in [5.41, 5.74) is 0.0680. The summed E-state index contributed by atoms with van der Waals surface area (Å²) in [5, 5.41) is 8.66. The molecule has 0 saturated heterocycles. The van der Waals surface area contributed by atoms with Crippen LogP contribution in [0.1, 0.15) is 17.4 Å². The maximum absolute atomic E-state index is 12.3. The third-order valence-corrected chi connectivity index (χ3v) is 2.38. The highest BCUT2D eigenvalue weighted by Gasteiger charge is 2.20. The van der Waals surface area contributed by atoms with Gasteiger partial charge in [-0.3, -0.25) is 9.59 Å². The van der Waals surface area contributed by atoms with Gasteiger partial charge in [0.1, 0.15) is 12.2 Å². The van der Waals surface area contributed by atoms with Crippen molar-refractivity contribution in [1.82, 2.24) is 9.47 Å². The van der Waals surface area contributed by atoms with E-state index in [9.17, 15) is 18.4 Å². The number of hydrogen-bond acceptors (Lipinski definition) is 2. The van der Waals surface area contributed by atoms with E-state index in [1.165, 1.54) is 18.3 Å². The Morgan fingerprint density at radius 2 is 2.17 bits per heavy atom. The van der Waals surface area contributed by atoms with Crippen LogP contribution in [0.5, 0.6) is 0 Å². The Kier molecular flexibility index (Phi) is 4.82. The number of aromatic nitrogens is 1. The van der Waals surface area contributed by atoms with Crippen LogP contribution in [0.3, 0.4) is 0 Å². The monoisotopic (exact) mass is 260 g/mol. The SMILES string of the molecule is CCN(CC(=O)O)C(=O)c1cccn1CC(F)F. The first kappa shape index (κ1) is 14.1. The summed E-state index contributed by atoms with van der Waals surface area (Å²) in [7, 11) is 0. The van der Waals surface area contributed by atoms with Crippen LogP contribution in [0.15, 0.2) is 18.3 Å². The number of carboxylic acids is 1. The topological polar surface area (TPSA) is 62.5 Å². The first-order valence-electron chi connectivity index (χ1n) is 5.40. The highest BCUT2D eigenvalue weighted by Crippen LogP contribution is 2.09. The Labute approximate surface area is 103 Å². The van der Waals surface area contributed by atoms with Crippen LogP contribution in [0.4, 0.5) is 8.78 Å². The summed E-state index contributed by atoms with van der Waals surface area (Å²) in [6.07, 6.45) is -1.20. The number of carbonyl (C=O) groups excluding carboxylic acids is 1. The number of aliphatic carboxylic acids is 1. The Morgan fingerprint density at radius 1 is 1.50 bits per heavy atom. The van der Waals surface area contributed by atoms with Crippen molar-refractivity contribution >= 4 is 11.9 Å². The van der Waals surface area contributed by atoms with Gasteiger partial charge in [-0.05, 0) is 19.1 Å². The highest BCUT2D eigenvalue weighted by molar-refractivity contribution is 5.94. The number of alkyl halides is 2. The second-order valence-corrected chi connectivity index (χ2v) is 3.65. The number of halogens is 2. The summed E-state index contributed by atoms with van der Waals surface area (Å²) >= 11 is 0. The summed E-state index contributed by atoms with van der Waals surface area (Å²) < 4.78 is 25.7. The molecule has 0 aliphatic carbocycles. The standard InChI is InChI=1S/C11H14F2N2O3/c1-2-14(7-10(16)17)11(18)8-4-3-5-15(8)6-9(12)13/h3-5,9H,2,6-7H2,1H3,(H,16,17). The maximum Gasteiger partial charge on any atom is 0.323 e. The van der Waals surface area contributed by atoms with E-state index in [-0.39, 0.29) is 12.2 Å². The summed E-state index contributed by atoms with van der Waals surface area (Å²) in [6, 6.07) is 2.87. The molecule has 5 nitrogen and oxygen atoms in total. The molecule has 0 aliphatic rings. The van der Waals surface area contributed by atoms with E-state index < -0.39 is 31.4 Å². The zero-order valence-corrected chi connectivity index (χ0v) is 9.84. The molecule has 1 aromatic heterocycles. The predicted octanol–water partition coefficient (Wildman–Crippen LogP) is 1.30. The molecule has 0 atom stereocenters. The predicted molar refractivity (Wildman–Crippen MR) is 59.6 cm³/mol. The van der Waals surface area contributed by atoms with Crippen molar-refractivity contribution in [2.75, 3.05) is 13.1 Å². The molecule has 0 radical (unpaired) electrons. The molecule has 1 aromatic rings. The Hall–Kier alpha value is -1.92. The van der Waals surface area contributed by atoms with E-state index in [0.29, 0.717) is 0 Å². The molecule has 1 N–H and O–H groups in total. The van der Waals surface area contributed by atoms with E-state index in [4.69, 9.17) is 5.11 Å². The van der Waals surface area contributed by atoms with Crippen molar-refractivity contribution < 1.29 is 23.5 Å². The molecule has 1 heterocycles. The molecule has 0 spiro atoms. The molecular weight excluding hydrogens is 246 g/mol. The van der Waals surface area contributed by atoms with Crippen LogP contribution in [-0.2, 0) is 11.3 Å². The number of hydrogen-bond donors (Lipinski definition) is 1. The van der Waals surface area contributed by atoms with Crippen molar-refractivity contribution in [1.29, 1.82) is 0 Å². The zero-order valence-electron chi connectivity index (χ0n) is 9.84. The van der Waals surface area contributed by atoms with E-state index in [1.807, 2.05) is 0 Å². The molecule has 0 aliphatic heterocycles. The van der Waals surface area contributed by atoms with Gasteiger partial charge < -0.3 is 14.6 Å². The lowest BCUT2D eigenvalue weighted by Crippen LogP contribution is -2.36. The maximum atomic E-state index is 12.3. The second-order valence-electron chi connectivity index (χ2n) is 3.65. The Balaban J connectivity index is 2.88. The average molecular weight is 260 g/mol. The molecular formula is C11H14F2N2O3. The third-order valence-electron chi connectivity index (χ3n) is 2.38. The van der Waals surface area contributed by atoms with Crippen LogP contribution in [0.2, 0.25) is 0 Å². The molecule has 7 heteroatoms. The van der Waals surface area contributed by atoms with Gasteiger partial charge >= 0.3 is 5.97 Å². The average Bonchev–Trinajstić information content (AvgIpc) is 2.71. The molecule has 0 aromatic carbocycles. The molecule has 0 saturated carbocycles. The lowest BCUT2D eigenvalue weighted by molar-refractivity contribution is -0.137. The van der Waals surface area contributed by atoms with Gasteiger partial charge in [0.2, 0.25) is 0 Å². The van der Waals surface area contributed by atoms with Crippen molar-refractivity contribution in [3.05, 3.63) is 24.0 Å². The smallest absolute Gasteiger partial charge is 0.323 e. The van der Waals surface area contributed by atoms with Gasteiger partial charge in [-0.25, -0.2) is 8.78 Å². The second kappa shape index (κ2) is 6.13. The normalized spacial score (nSPS) is 10.7. The number of likely N-dealkylation sites (N-methyl/N-ethyl adjacent to an activating group) is 1. The van der Waals surface area contributed by atoms with Crippen LogP contribution in [0.25, 0.3) is 0 Å². The minimum absolute atomic E-state index is 0.0680. The first-order chi connectivity index (χ1) is 8.45. The minimum Gasteiger partial charge on any atom is -0.480 e. The van der Waals surface area contributed by atoms with Gasteiger partial charge in [-0.2, -0.15) is 0 Å². The van der Waals surface area contributed by atoms with E-state index in [2.05, 4.69) is 0 Å². The van der Waals surface area contributed by atoms with E-state index in [1.54, 1.807) is 6.92 Å². The van der Waals surface area contributed by atoms with Gasteiger partial charge in [0.05, 0.1) is 6.54 Å². The molecule has 0 bridgehead atoms. The van der Waals surface area contributed by atoms with Crippen molar-refractivity contribution in [2.45, 2.75) is 19.9 Å². The number of carbonyl (C=O) groups is 2. The molecule has 1 amide bonds. The van der Waals surface area contributed by atoms with Gasteiger partial charge in [0, 0.05) is 12.7 Å². The summed E-state index contributed by atoms with van der Waals surface area (Å²) in [5.74, 6) is -1.71. The quantitative estimate of drug-likeness (QED) is 0.838. The van der Waals surface area contributed by atoms with E-state index in [0.717, 1.165) is 9.47 Å². The molecule has 1 rings (SSSR count). The fourth-order valence-electron chi connectivity index (χ4n) is 1.57. The van der Waals surface area contributed by atoms with Gasteiger partial charge in [0.15, 0.2) is 0 Å². The van der Waals surface area contributed by atoms with Crippen molar-refractivity contribution in [3.8, 4) is 0 Å². The molecule has 0 unspecified atom stereocenters. The number of carboxylic acid groups (broad SMARTS) is 1. The number of amides is 1. The lowest BCUT2D eigenvalue weighted by Gasteiger charge is -2.19. The van der Waals surface area contributed by atoms with E-state index >= 15 is 0 Å². The van der Waals surface area contributed by atoms with Gasteiger partial charge in [-0.15, -0.1) is 0 Å². The highest BCUT2D eigenvalue weighted by atomic mass is 19.3. The van der Waals surface area contributed by atoms with Crippen molar-refractivity contribution in [2.24, 2.45) is 0 Å². The fourth-order valence-corrected chi connectivity index (χ4v) is 1.57.